The van der Waals surface area contributed by atoms with E-state index in [0.29, 0.717) is 51.4 Å². The first-order valence-corrected chi connectivity index (χ1v) is 47.9. The van der Waals surface area contributed by atoms with Crippen LogP contribution in [0.1, 0.15) is 172 Å². The Bertz CT molecular complexity index is 3950. The summed E-state index contributed by atoms with van der Waals surface area (Å²) >= 11 is 0. The lowest BCUT2D eigenvalue weighted by molar-refractivity contribution is -0.395. The van der Waals surface area contributed by atoms with E-state index >= 15 is 4.79 Å². The second-order valence-electron chi connectivity index (χ2n) is 42.0. The molecule has 8 aliphatic heterocycles. The third-order valence-corrected chi connectivity index (χ3v) is 32.8. The average molecular weight is 1960 g/mol. The molecule has 6 unspecified atom stereocenters. The lowest BCUT2D eigenvalue weighted by atomic mass is 9.33. The summed E-state index contributed by atoms with van der Waals surface area (Å²) in [5.74, 6) is -5.26. The number of aliphatic hydroxyl groups is 23. The Kier molecular flexibility index (Phi) is 35.7. The van der Waals surface area contributed by atoms with Crippen LogP contribution in [0.3, 0.4) is 0 Å². The van der Waals surface area contributed by atoms with Crippen molar-refractivity contribution in [2.75, 3.05) is 46.2 Å². The van der Waals surface area contributed by atoms with Gasteiger partial charge >= 0.3 is 17.9 Å². The molecule has 5 aliphatic carbocycles. The minimum Gasteiger partial charge on any atom is -0.462 e. The van der Waals surface area contributed by atoms with E-state index in [1.165, 1.54) is 6.92 Å². The van der Waals surface area contributed by atoms with Crippen LogP contribution in [0.15, 0.2) is 11.6 Å². The van der Waals surface area contributed by atoms with Crippen molar-refractivity contribution in [1.29, 1.82) is 0 Å². The third-order valence-electron chi connectivity index (χ3n) is 32.8. The Morgan fingerprint density at radius 2 is 0.963 bits per heavy atom. The maximum atomic E-state index is 16.3. The van der Waals surface area contributed by atoms with Crippen LogP contribution in [0.25, 0.3) is 0 Å². The molecule has 12 fully saturated rings. The highest BCUT2D eigenvalue weighted by Gasteiger charge is 2.73. The number of carbonyl (C=O) groups is 4. The Hall–Kier alpha value is -3.70. The summed E-state index contributed by atoms with van der Waals surface area (Å²) in [4.78, 5) is 58.6. The number of hydrogen-bond acceptors (Lipinski definition) is 45. The van der Waals surface area contributed by atoms with E-state index in [1.807, 2.05) is 20.8 Å². The zero-order valence-electron chi connectivity index (χ0n) is 78.5. The van der Waals surface area contributed by atoms with Crippen molar-refractivity contribution in [1.82, 2.24) is 0 Å². The van der Waals surface area contributed by atoms with Crippen LogP contribution in [-0.2, 0) is 104 Å². The van der Waals surface area contributed by atoms with Crippen molar-refractivity contribution >= 4 is 24.2 Å². The van der Waals surface area contributed by atoms with E-state index in [2.05, 4.69) is 26.8 Å². The molecular weight excluding hydrogens is 1810 g/mol. The molecule has 136 heavy (non-hydrogen) atoms. The smallest absolute Gasteiger partial charge is 0.317 e. The molecule has 13 aliphatic rings. The van der Waals surface area contributed by atoms with Crippen LogP contribution in [-0.4, -0.2) is 440 Å². The molecule has 4 saturated carbocycles. The summed E-state index contributed by atoms with van der Waals surface area (Å²) in [6.45, 7) is 16.2. The molecule has 0 bridgehead atoms. The number of fused-ring (bicyclic) bond motifs is 7. The van der Waals surface area contributed by atoms with Gasteiger partial charge in [-0.05, 0) is 116 Å². The largest absolute Gasteiger partial charge is 0.462 e. The van der Waals surface area contributed by atoms with Gasteiger partial charge in [-0.25, -0.2) is 0 Å². The maximum Gasteiger partial charge on any atom is 0.317 e. The summed E-state index contributed by atoms with van der Waals surface area (Å²) in [6.07, 6.45) is -65.3. The number of allylic oxidation sites excluding steroid dienone is 2. The number of esters is 3. The summed E-state index contributed by atoms with van der Waals surface area (Å²) in [6, 6.07) is 0. The number of ether oxygens (including phenoxy) is 18. The zero-order valence-corrected chi connectivity index (χ0v) is 78.5. The molecule has 8 saturated heterocycles. The molecule has 0 radical (unpaired) electrons. The fourth-order valence-corrected chi connectivity index (χ4v) is 23.8. The average Bonchev–Trinajstić information content (AvgIpc) is 0.667. The van der Waals surface area contributed by atoms with Crippen LogP contribution >= 0.6 is 0 Å². The van der Waals surface area contributed by atoms with Gasteiger partial charge in [0.05, 0.1) is 101 Å². The Morgan fingerprint density at radius 1 is 0.463 bits per heavy atom. The van der Waals surface area contributed by atoms with Crippen LogP contribution in [0, 0.1) is 62.1 Å². The fraction of sp³-hybridized carbons (Fsp3) is 0.934. The van der Waals surface area contributed by atoms with Gasteiger partial charge in [-0.15, -0.1) is 0 Å². The molecule has 0 amide bonds. The Balaban J connectivity index is 0.737. The first kappa shape index (κ1) is 110. The van der Waals surface area contributed by atoms with Gasteiger partial charge in [0.1, 0.15) is 164 Å². The minimum absolute atomic E-state index is 0.0268. The molecule has 13 rings (SSSR count). The van der Waals surface area contributed by atoms with Crippen LogP contribution in [0.5, 0.6) is 0 Å². The molecule has 45 nitrogen and oxygen atoms in total. The summed E-state index contributed by atoms with van der Waals surface area (Å²) in [7, 11) is 0. The number of aldehydes is 1. The molecule has 23 N–H and O–H groups in total. The fourth-order valence-electron chi connectivity index (χ4n) is 23.8. The van der Waals surface area contributed by atoms with Gasteiger partial charge in [0, 0.05) is 12.8 Å². The number of rotatable bonds is 33. The molecule has 8 heterocycles. The Morgan fingerprint density at radius 3 is 1.57 bits per heavy atom. The van der Waals surface area contributed by atoms with Gasteiger partial charge < -0.3 is 208 Å². The predicted molar refractivity (Wildman–Crippen MR) is 453 cm³/mol. The van der Waals surface area contributed by atoms with E-state index in [9.17, 15) is 132 Å². The monoisotopic (exact) mass is 1960 g/mol. The van der Waals surface area contributed by atoms with E-state index in [0.717, 1.165) is 11.9 Å². The second kappa shape index (κ2) is 44.3. The van der Waals surface area contributed by atoms with Crippen molar-refractivity contribution in [2.45, 2.75) is 424 Å². The van der Waals surface area contributed by atoms with Gasteiger partial charge in [-0.3, -0.25) is 14.4 Å². The number of aliphatic hydroxyl groups excluding tert-OH is 23. The van der Waals surface area contributed by atoms with Crippen molar-refractivity contribution in [3.8, 4) is 0 Å². The van der Waals surface area contributed by atoms with Gasteiger partial charge in [-0.2, -0.15) is 0 Å². The highest BCUT2D eigenvalue weighted by atomic mass is 16.8. The highest BCUT2D eigenvalue weighted by molar-refractivity contribution is 5.80. The lowest BCUT2D eigenvalue weighted by Gasteiger charge is -2.71. The molecule has 45 heteroatoms. The normalized spacial score (nSPS) is 48.9. The van der Waals surface area contributed by atoms with E-state index in [4.69, 9.17) is 85.3 Å². The van der Waals surface area contributed by atoms with E-state index in [1.54, 1.807) is 27.7 Å². The molecular formula is C91H148O45. The second-order valence-corrected chi connectivity index (χ2v) is 42.0. The third kappa shape index (κ3) is 21.6. The first-order valence-electron chi connectivity index (χ1n) is 47.9. The number of hydrogen-bond donors (Lipinski definition) is 23. The predicted octanol–water partition coefficient (Wildman–Crippen LogP) is -6.17. The summed E-state index contributed by atoms with van der Waals surface area (Å²) in [5.41, 5.74) is -5.20. The van der Waals surface area contributed by atoms with Crippen molar-refractivity contribution in [3.05, 3.63) is 11.6 Å². The minimum atomic E-state index is -2.19. The van der Waals surface area contributed by atoms with E-state index < -0.39 is 372 Å². The first-order chi connectivity index (χ1) is 64.0. The zero-order chi connectivity index (χ0) is 99.6. The Labute approximate surface area is 787 Å². The van der Waals surface area contributed by atoms with Crippen molar-refractivity contribution in [3.63, 3.8) is 0 Å². The lowest BCUT2D eigenvalue weighted by Crippen LogP contribution is -2.69. The standard InChI is InChI=1S/C91H148O45/c1-12-36(3)47(125-56(102)24-40(96)23-48(37(4)13-2)127-77-66(112)58(104)43(97)30-119-77)22-39(95)25-57(103)126-51-34-123-83(75(63(51)109)134-81-70(116)65(111)72(38(5)124-81)131-80-71(117)73(46(100)33-122-80)132-78-67(113)59(105)44(98)31-120-78)136-85(118)91-21-20-86(6,7)26-42(91)41-14-15-53-87(8)18-17-55(88(9,35-94)52(87)16-19-89(53,10)90(41,11)27-54(91)101)130-84-76(135-82-69(115)64(110)61(107)49(28-92)128-82)74(62(108)50(29-93)129-84)133-79-68(114)60(106)45(99)32-121-79/h14,35-40,42-55,58-84,92-93,95-101,104-117H,12-13,15-34H2,1-11H3/t36?,37?,38-,39?,40?,42-,43-,44+,45+,46+,47?,48?,49+,50+,51-,52+,53+,54+,55-,58-,59-,60-,61+,62+,63-,64-,65+,66+,67+,68+,69+,70+,71+,72+,73-,74-,75+,76+,77-,78-,79-,80-,81+,82-,83-,84-,87-,88-,89+,90+,91+/m0/s1. The summed E-state index contributed by atoms with van der Waals surface area (Å²) in [5, 5.41) is 256. The molecule has 0 aromatic carbocycles. The molecule has 782 valence electrons. The van der Waals surface area contributed by atoms with Gasteiger partial charge in [0.25, 0.3) is 0 Å². The maximum absolute atomic E-state index is 16.3. The molecule has 0 spiro atoms. The summed E-state index contributed by atoms with van der Waals surface area (Å²) < 4.78 is 108. The van der Waals surface area contributed by atoms with Crippen LogP contribution < -0.4 is 0 Å². The van der Waals surface area contributed by atoms with Gasteiger partial charge in [0.15, 0.2) is 56.2 Å². The molecule has 51 atom stereocenters. The van der Waals surface area contributed by atoms with Crippen LogP contribution in [0.4, 0.5) is 0 Å². The topological polar surface area (TPSA) is 700 Å². The van der Waals surface area contributed by atoms with Crippen molar-refractivity contribution in [2.24, 2.45) is 62.1 Å². The highest BCUT2D eigenvalue weighted by Crippen LogP contribution is 2.76. The van der Waals surface area contributed by atoms with Gasteiger partial charge in [0.2, 0.25) is 6.29 Å². The van der Waals surface area contributed by atoms with Crippen LogP contribution in [0.2, 0.25) is 0 Å². The number of carbonyl (C=O) groups excluding carboxylic acids is 4. The SMILES string of the molecule is CCC(C)C(CC(O)CC(=O)O[C@H]1CO[C@@H](OC(=O)[C@]23CCC(C)(C)C[C@H]2C2=CC[C@@H]4[C@@]5(C)CC[C@H](O[C@@H]6O[C@H](CO)[C@@H](O)[C@H](O[C@@H]7OC[C@@H](O)[C@H](O)[C@H]7O)[C@H]6O[C@@H]6O[C@H](CO)[C@@H](O)[C@H](O)[C@H]6O)[C@@](C)(C=O)[C@@H]5CC[C@@]4(C)[C@]2(C)C[C@H]3O)[C@H](O[C@H]2O[C@@H](C)[C@@H](O[C@@H]3OC[C@@H](O)[C@H](O[C@@H]4OC[C@@H](O)[C@H](O)[C@H]4O)[C@H]3O)[C@H](O)[C@H]2O)[C@H]1O)OC(=O)CC(O)CC(O[C@@H]1OC[C@H](O)[C@H](O)[C@H]1O)C(C)CC. The van der Waals surface area contributed by atoms with E-state index in [-0.39, 0.29) is 50.5 Å². The molecule has 0 aromatic rings. The van der Waals surface area contributed by atoms with Crippen molar-refractivity contribution < 1.29 is 222 Å². The molecule has 0 aromatic heterocycles. The quantitative estimate of drug-likeness (QED) is 0.00956. The van der Waals surface area contributed by atoms with Gasteiger partial charge in [-0.1, -0.05) is 93.7 Å².